The molecule has 3 aromatic heterocycles. The van der Waals surface area contributed by atoms with Gasteiger partial charge >= 0.3 is 12.1 Å². The molecule has 4 aromatic rings. The maximum atomic E-state index is 12.7. The normalized spacial score (nSPS) is 14.0. The molecular weight excluding hydrogens is 491 g/mol. The van der Waals surface area contributed by atoms with E-state index in [1.807, 2.05) is 0 Å². The minimum atomic E-state index is -4.69. The summed E-state index contributed by atoms with van der Waals surface area (Å²) in [5.74, 6) is -1.29. The molecule has 0 radical (unpaired) electrons. The van der Waals surface area contributed by atoms with Gasteiger partial charge in [0.05, 0.1) is 18.9 Å². The molecule has 1 amide bonds. The number of ether oxygens (including phenoxy) is 1. The third kappa shape index (κ3) is 5.72. The number of pyridine rings is 1. The smallest absolute Gasteiger partial charge is 0.378 e. The Morgan fingerprint density at radius 1 is 0.973 bits per heavy atom. The molecule has 0 saturated carbocycles. The number of benzene rings is 1. The second-order valence-corrected chi connectivity index (χ2v) is 8.07. The molecule has 0 unspecified atom stereocenters. The number of aromatic nitrogens is 5. The average molecular weight is 511 g/mol. The van der Waals surface area contributed by atoms with Gasteiger partial charge in [0.2, 0.25) is 11.8 Å². The van der Waals surface area contributed by atoms with Crippen molar-refractivity contribution in [2.24, 2.45) is 0 Å². The Bertz CT molecular complexity index is 1370. The Morgan fingerprint density at radius 3 is 2.41 bits per heavy atom. The van der Waals surface area contributed by atoms with Crippen LogP contribution < -0.4 is 5.32 Å². The summed E-state index contributed by atoms with van der Waals surface area (Å²) in [6.07, 6.45) is -1.49. The summed E-state index contributed by atoms with van der Waals surface area (Å²) in [5, 5.41) is 6.49. The van der Waals surface area contributed by atoms with Crippen molar-refractivity contribution in [1.29, 1.82) is 0 Å². The van der Waals surface area contributed by atoms with Gasteiger partial charge in [0, 0.05) is 43.2 Å². The lowest BCUT2D eigenvalue weighted by Crippen LogP contribution is -2.41. The van der Waals surface area contributed by atoms with E-state index in [9.17, 15) is 18.0 Å². The first-order valence-electron chi connectivity index (χ1n) is 11.3. The van der Waals surface area contributed by atoms with Crippen molar-refractivity contribution in [2.45, 2.75) is 12.7 Å². The van der Waals surface area contributed by atoms with Crippen molar-refractivity contribution >= 4 is 11.9 Å². The number of alkyl halides is 3. The zero-order valence-corrected chi connectivity index (χ0v) is 19.3. The van der Waals surface area contributed by atoms with Gasteiger partial charge in [-0.3, -0.25) is 9.78 Å². The van der Waals surface area contributed by atoms with Crippen LogP contribution in [0.15, 0.2) is 59.4 Å². The number of morpholine rings is 1. The van der Waals surface area contributed by atoms with Gasteiger partial charge in [-0.15, -0.1) is 0 Å². The summed E-state index contributed by atoms with van der Waals surface area (Å²) >= 11 is 0. The van der Waals surface area contributed by atoms with E-state index >= 15 is 0 Å². The lowest BCUT2D eigenvalue weighted by atomic mass is 10.1. The van der Waals surface area contributed by atoms with E-state index in [0.717, 1.165) is 11.1 Å². The van der Waals surface area contributed by atoms with Crippen LogP contribution in [0.25, 0.3) is 22.6 Å². The van der Waals surface area contributed by atoms with Gasteiger partial charge in [-0.2, -0.15) is 18.2 Å². The summed E-state index contributed by atoms with van der Waals surface area (Å²) < 4.78 is 47.5. The van der Waals surface area contributed by atoms with Gasteiger partial charge in [-0.05, 0) is 23.8 Å². The Labute approximate surface area is 208 Å². The number of nitrogens with zero attached hydrogens (tertiary/aromatic N) is 6. The highest BCUT2D eigenvalue weighted by Gasteiger charge is 2.38. The first-order valence-corrected chi connectivity index (χ1v) is 11.3. The molecule has 190 valence electrons. The number of hydrogen-bond acceptors (Lipinski definition) is 9. The van der Waals surface area contributed by atoms with Gasteiger partial charge in [0.25, 0.3) is 5.91 Å². The van der Waals surface area contributed by atoms with E-state index in [1.54, 1.807) is 59.8 Å². The van der Waals surface area contributed by atoms with Crippen molar-refractivity contribution < 1.29 is 27.2 Å². The van der Waals surface area contributed by atoms with E-state index < -0.39 is 12.1 Å². The van der Waals surface area contributed by atoms with Crippen molar-refractivity contribution in [2.75, 3.05) is 31.6 Å². The second kappa shape index (κ2) is 10.3. The Morgan fingerprint density at radius 2 is 1.73 bits per heavy atom. The summed E-state index contributed by atoms with van der Waals surface area (Å²) in [5.41, 5.74) is 2.95. The van der Waals surface area contributed by atoms with Crippen LogP contribution >= 0.6 is 0 Å². The van der Waals surface area contributed by atoms with E-state index in [1.165, 1.54) is 0 Å². The first-order chi connectivity index (χ1) is 17.9. The maximum absolute atomic E-state index is 12.7. The average Bonchev–Trinajstić information content (AvgIpc) is 3.44. The first kappa shape index (κ1) is 24.3. The minimum absolute atomic E-state index is 0.133. The van der Waals surface area contributed by atoms with Crippen LogP contribution in [-0.4, -0.2) is 62.2 Å². The minimum Gasteiger partial charge on any atom is -0.378 e. The molecule has 0 atom stereocenters. The van der Waals surface area contributed by atoms with Crippen LogP contribution in [0.3, 0.4) is 0 Å². The molecule has 1 aliphatic heterocycles. The van der Waals surface area contributed by atoms with Crippen LogP contribution in [0.1, 0.15) is 21.9 Å². The standard InChI is InChI=1S/C24H20F3N7O3/c25-24(26,27)22-32-20(33-37-22)16-3-1-15(2-4-16)13-30-23-28-8-7-18(31-23)17-5-6-19(29-14-17)21(35)34-9-11-36-12-10-34/h1-8,14H,9-13H2,(H,28,30,31). The number of halogens is 3. The molecule has 1 fully saturated rings. The zero-order valence-electron chi connectivity index (χ0n) is 19.3. The molecule has 1 aliphatic rings. The summed E-state index contributed by atoms with van der Waals surface area (Å²) in [4.78, 5) is 30.7. The van der Waals surface area contributed by atoms with Crippen molar-refractivity contribution in [3.8, 4) is 22.6 Å². The van der Waals surface area contributed by atoms with Crippen LogP contribution in [0.5, 0.6) is 0 Å². The number of rotatable bonds is 6. The van der Waals surface area contributed by atoms with Crippen molar-refractivity contribution in [3.05, 3.63) is 72.0 Å². The quantitative estimate of drug-likeness (QED) is 0.413. The third-order valence-corrected chi connectivity index (χ3v) is 5.56. The number of carbonyl (C=O) groups excluding carboxylic acids is 1. The molecule has 0 aliphatic carbocycles. The van der Waals surface area contributed by atoms with Gasteiger partial charge in [0.15, 0.2) is 0 Å². The highest BCUT2D eigenvalue weighted by molar-refractivity contribution is 5.92. The lowest BCUT2D eigenvalue weighted by Gasteiger charge is -2.26. The predicted molar refractivity (Wildman–Crippen MR) is 124 cm³/mol. The molecule has 4 heterocycles. The number of nitrogens with one attached hydrogen (secondary N) is 1. The van der Waals surface area contributed by atoms with Gasteiger partial charge in [-0.25, -0.2) is 9.97 Å². The molecule has 5 rings (SSSR count). The monoisotopic (exact) mass is 511 g/mol. The van der Waals surface area contributed by atoms with Crippen molar-refractivity contribution in [3.63, 3.8) is 0 Å². The van der Waals surface area contributed by atoms with Crippen LogP contribution in [0.4, 0.5) is 19.1 Å². The number of amides is 1. The topological polar surface area (TPSA) is 119 Å². The van der Waals surface area contributed by atoms with E-state index in [-0.39, 0.29) is 11.7 Å². The summed E-state index contributed by atoms with van der Waals surface area (Å²) in [6, 6.07) is 11.9. The lowest BCUT2D eigenvalue weighted by molar-refractivity contribution is -0.159. The molecule has 13 heteroatoms. The molecule has 1 saturated heterocycles. The zero-order chi connectivity index (χ0) is 25.8. The number of carbonyl (C=O) groups is 1. The molecule has 0 spiro atoms. The summed E-state index contributed by atoms with van der Waals surface area (Å²) in [6.45, 7) is 2.50. The van der Waals surface area contributed by atoms with Gasteiger partial charge in [-0.1, -0.05) is 29.4 Å². The van der Waals surface area contributed by atoms with Gasteiger partial charge < -0.3 is 19.5 Å². The SMILES string of the molecule is O=C(c1ccc(-c2ccnc(NCc3ccc(-c4noc(C(F)(F)F)n4)cc3)n2)cn1)N1CCOCC1. The molecule has 0 bridgehead atoms. The van der Waals surface area contributed by atoms with Crippen LogP contribution in [-0.2, 0) is 17.5 Å². The molecule has 1 N–H and O–H groups in total. The molecule has 1 aromatic carbocycles. The fraction of sp³-hybridized carbons (Fsp3) is 0.250. The Balaban J connectivity index is 1.21. The highest BCUT2D eigenvalue weighted by atomic mass is 19.4. The van der Waals surface area contributed by atoms with E-state index in [0.29, 0.717) is 55.7 Å². The second-order valence-electron chi connectivity index (χ2n) is 8.07. The molecule has 37 heavy (non-hydrogen) atoms. The molecule has 10 nitrogen and oxygen atoms in total. The fourth-order valence-electron chi connectivity index (χ4n) is 3.61. The Hall–Kier alpha value is -4.39. The van der Waals surface area contributed by atoms with Gasteiger partial charge in [0.1, 0.15) is 5.69 Å². The summed E-state index contributed by atoms with van der Waals surface area (Å²) in [7, 11) is 0. The van der Waals surface area contributed by atoms with Crippen LogP contribution in [0.2, 0.25) is 0 Å². The number of anilines is 1. The largest absolute Gasteiger partial charge is 0.471 e. The van der Waals surface area contributed by atoms with Crippen LogP contribution in [0, 0.1) is 0 Å². The van der Waals surface area contributed by atoms with E-state index in [4.69, 9.17) is 4.74 Å². The Kier molecular flexibility index (Phi) is 6.77. The fourth-order valence-corrected chi connectivity index (χ4v) is 3.61. The maximum Gasteiger partial charge on any atom is 0.471 e. The highest BCUT2D eigenvalue weighted by Crippen LogP contribution is 2.29. The van der Waals surface area contributed by atoms with E-state index in [2.05, 4.69) is 34.9 Å². The third-order valence-electron chi connectivity index (χ3n) is 5.56. The number of hydrogen-bond donors (Lipinski definition) is 1. The van der Waals surface area contributed by atoms with Crippen molar-refractivity contribution in [1.82, 2.24) is 30.0 Å². The predicted octanol–water partition coefficient (Wildman–Crippen LogP) is 3.69. The molecular formula is C24H20F3N7O3.